The van der Waals surface area contributed by atoms with Gasteiger partial charge in [-0.15, -0.1) is 0 Å². The van der Waals surface area contributed by atoms with Crippen molar-refractivity contribution in [1.82, 2.24) is 9.55 Å². The van der Waals surface area contributed by atoms with Crippen molar-refractivity contribution in [2.24, 2.45) is 0 Å². The predicted octanol–water partition coefficient (Wildman–Crippen LogP) is 2.88. The van der Waals surface area contributed by atoms with Gasteiger partial charge in [-0.1, -0.05) is 6.07 Å². The molecular formula is C18H20N4O3S. The van der Waals surface area contributed by atoms with Crippen LogP contribution in [0.15, 0.2) is 53.8 Å². The van der Waals surface area contributed by atoms with Crippen LogP contribution in [0.1, 0.15) is 11.3 Å². The molecule has 2 aromatic carbocycles. The Hall–Kier alpha value is -3.00. The van der Waals surface area contributed by atoms with E-state index in [0.29, 0.717) is 11.3 Å². The van der Waals surface area contributed by atoms with Crippen LogP contribution >= 0.6 is 0 Å². The molecule has 0 radical (unpaired) electrons. The van der Waals surface area contributed by atoms with Crippen LogP contribution in [0.2, 0.25) is 0 Å². The normalized spacial score (nSPS) is 11.3. The van der Waals surface area contributed by atoms with Crippen molar-refractivity contribution in [3.8, 4) is 11.4 Å². The minimum absolute atomic E-state index is 0.170. The molecule has 3 rings (SSSR count). The highest BCUT2D eigenvalue weighted by Gasteiger charge is 2.20. The molecular weight excluding hydrogens is 352 g/mol. The Morgan fingerprint density at radius 2 is 1.96 bits per heavy atom. The first kappa shape index (κ1) is 17.8. The van der Waals surface area contributed by atoms with Gasteiger partial charge in [0.25, 0.3) is 10.0 Å². The summed E-state index contributed by atoms with van der Waals surface area (Å²) in [5, 5.41) is 0. The second-order valence-electron chi connectivity index (χ2n) is 5.90. The van der Waals surface area contributed by atoms with Crippen molar-refractivity contribution in [3.05, 3.63) is 60.2 Å². The summed E-state index contributed by atoms with van der Waals surface area (Å²) < 4.78 is 35.3. The van der Waals surface area contributed by atoms with Crippen molar-refractivity contribution < 1.29 is 13.2 Å². The number of para-hydroxylation sites is 1. The molecule has 0 bridgehead atoms. The van der Waals surface area contributed by atoms with Crippen LogP contribution in [0.5, 0.6) is 5.75 Å². The molecule has 0 fully saturated rings. The molecule has 0 atom stereocenters. The molecule has 0 spiro atoms. The van der Waals surface area contributed by atoms with E-state index in [1.165, 1.54) is 7.11 Å². The first-order valence-electron chi connectivity index (χ1n) is 7.89. The highest BCUT2D eigenvalue weighted by Crippen LogP contribution is 2.33. The van der Waals surface area contributed by atoms with Crippen LogP contribution in [0, 0.1) is 13.8 Å². The molecule has 0 saturated heterocycles. The van der Waals surface area contributed by atoms with Crippen LogP contribution in [0.4, 0.5) is 11.4 Å². The molecule has 136 valence electrons. The summed E-state index contributed by atoms with van der Waals surface area (Å²) in [6, 6.07) is 10.0. The van der Waals surface area contributed by atoms with Crippen LogP contribution in [-0.2, 0) is 10.0 Å². The Morgan fingerprint density at radius 1 is 1.19 bits per heavy atom. The van der Waals surface area contributed by atoms with E-state index in [4.69, 9.17) is 10.5 Å². The van der Waals surface area contributed by atoms with Gasteiger partial charge in [0.2, 0.25) is 0 Å². The van der Waals surface area contributed by atoms with Gasteiger partial charge in [-0.25, -0.2) is 13.4 Å². The summed E-state index contributed by atoms with van der Waals surface area (Å²) in [5.74, 6) is 0.358. The second kappa shape index (κ2) is 6.72. The number of hydrogen-bond donors (Lipinski definition) is 2. The van der Waals surface area contributed by atoms with Gasteiger partial charge < -0.3 is 15.0 Å². The fourth-order valence-corrected chi connectivity index (χ4v) is 4.00. The molecule has 3 N–H and O–H groups in total. The topological polar surface area (TPSA) is 99.2 Å². The number of rotatable bonds is 5. The number of imidazole rings is 1. The standard InChI is InChI=1S/C18H20N4O3S/c1-12-9-14(22-10-13(2)20-11-22)7-8-17(12)26(23,24)21-18-15(19)5-4-6-16(18)25-3/h4-11,21H,19H2,1-3H3. The third kappa shape index (κ3) is 3.36. The van der Waals surface area contributed by atoms with Crippen LogP contribution in [0.3, 0.4) is 0 Å². The van der Waals surface area contributed by atoms with E-state index in [1.807, 2.05) is 17.7 Å². The minimum atomic E-state index is -3.83. The Balaban J connectivity index is 1.98. The summed E-state index contributed by atoms with van der Waals surface area (Å²) in [5.41, 5.74) is 8.74. The number of methoxy groups -OCH3 is 1. The average Bonchev–Trinajstić information content (AvgIpc) is 3.02. The van der Waals surface area contributed by atoms with E-state index in [1.54, 1.807) is 49.6 Å². The monoisotopic (exact) mass is 372 g/mol. The van der Waals surface area contributed by atoms with Gasteiger partial charge in [-0.05, 0) is 49.7 Å². The fourth-order valence-electron chi connectivity index (χ4n) is 2.67. The van der Waals surface area contributed by atoms with E-state index in [-0.39, 0.29) is 16.3 Å². The maximum atomic E-state index is 12.9. The minimum Gasteiger partial charge on any atom is -0.494 e. The molecule has 0 aliphatic carbocycles. The number of nitrogens with zero attached hydrogens (tertiary/aromatic N) is 2. The van der Waals surface area contributed by atoms with Gasteiger partial charge in [0.15, 0.2) is 0 Å². The lowest BCUT2D eigenvalue weighted by atomic mass is 10.2. The maximum absolute atomic E-state index is 12.9. The number of hydrogen-bond acceptors (Lipinski definition) is 5. The van der Waals surface area contributed by atoms with E-state index in [2.05, 4.69) is 9.71 Å². The smallest absolute Gasteiger partial charge is 0.262 e. The SMILES string of the molecule is COc1cccc(N)c1NS(=O)(=O)c1ccc(-n2cnc(C)c2)cc1C. The number of nitrogen functional groups attached to an aromatic ring is 1. The number of aromatic nitrogens is 2. The Kier molecular flexibility index (Phi) is 4.60. The summed E-state index contributed by atoms with van der Waals surface area (Å²) in [6.45, 7) is 3.64. The van der Waals surface area contributed by atoms with Gasteiger partial charge in [0.1, 0.15) is 11.4 Å². The zero-order valence-corrected chi connectivity index (χ0v) is 15.5. The van der Waals surface area contributed by atoms with Crippen molar-refractivity contribution in [1.29, 1.82) is 0 Å². The molecule has 1 aromatic heterocycles. The molecule has 0 aliphatic heterocycles. The van der Waals surface area contributed by atoms with E-state index in [0.717, 1.165) is 11.4 Å². The van der Waals surface area contributed by atoms with E-state index < -0.39 is 10.0 Å². The molecule has 0 saturated carbocycles. The van der Waals surface area contributed by atoms with Crippen molar-refractivity contribution >= 4 is 21.4 Å². The highest BCUT2D eigenvalue weighted by molar-refractivity contribution is 7.92. The summed E-state index contributed by atoms with van der Waals surface area (Å²) >= 11 is 0. The van der Waals surface area contributed by atoms with Gasteiger partial charge in [-0.3, -0.25) is 4.72 Å². The third-order valence-corrected chi connectivity index (χ3v) is 5.48. The van der Waals surface area contributed by atoms with Gasteiger partial charge in [0.05, 0.1) is 29.7 Å². The molecule has 7 nitrogen and oxygen atoms in total. The third-order valence-electron chi connectivity index (χ3n) is 3.97. The van der Waals surface area contributed by atoms with E-state index in [9.17, 15) is 8.42 Å². The number of anilines is 2. The summed E-state index contributed by atoms with van der Waals surface area (Å²) in [7, 11) is -2.37. The second-order valence-corrected chi connectivity index (χ2v) is 7.55. The summed E-state index contributed by atoms with van der Waals surface area (Å²) in [6.07, 6.45) is 3.56. The largest absolute Gasteiger partial charge is 0.494 e. The van der Waals surface area contributed by atoms with Crippen LogP contribution in [0.25, 0.3) is 5.69 Å². The number of nitrogens with two attached hydrogens (primary N) is 1. The van der Waals surface area contributed by atoms with Gasteiger partial charge >= 0.3 is 0 Å². The lowest BCUT2D eigenvalue weighted by Gasteiger charge is -2.15. The Labute approximate surface area is 152 Å². The molecule has 3 aromatic rings. The van der Waals surface area contributed by atoms with Gasteiger partial charge in [0, 0.05) is 11.9 Å². The summed E-state index contributed by atoms with van der Waals surface area (Å²) in [4.78, 5) is 4.35. The molecule has 0 amide bonds. The lowest BCUT2D eigenvalue weighted by molar-refractivity contribution is 0.417. The van der Waals surface area contributed by atoms with Crippen molar-refractivity contribution in [2.45, 2.75) is 18.7 Å². The number of ether oxygens (including phenoxy) is 1. The quantitative estimate of drug-likeness (QED) is 0.671. The fraction of sp³-hybridized carbons (Fsp3) is 0.167. The van der Waals surface area contributed by atoms with E-state index >= 15 is 0 Å². The number of aryl methyl sites for hydroxylation is 2. The average molecular weight is 372 g/mol. The molecule has 26 heavy (non-hydrogen) atoms. The molecule has 0 aliphatic rings. The number of benzene rings is 2. The first-order chi connectivity index (χ1) is 12.3. The highest BCUT2D eigenvalue weighted by atomic mass is 32.2. The lowest BCUT2D eigenvalue weighted by Crippen LogP contribution is -2.16. The predicted molar refractivity (Wildman–Crippen MR) is 101 cm³/mol. The Bertz CT molecular complexity index is 1060. The number of sulfonamides is 1. The number of nitrogens with one attached hydrogen (secondary N) is 1. The zero-order valence-electron chi connectivity index (χ0n) is 14.7. The first-order valence-corrected chi connectivity index (χ1v) is 9.37. The Morgan fingerprint density at radius 3 is 2.58 bits per heavy atom. The van der Waals surface area contributed by atoms with Crippen LogP contribution < -0.4 is 15.2 Å². The molecule has 8 heteroatoms. The molecule has 1 heterocycles. The zero-order chi connectivity index (χ0) is 18.9. The maximum Gasteiger partial charge on any atom is 0.262 e. The molecule has 0 unspecified atom stereocenters. The van der Waals surface area contributed by atoms with Crippen molar-refractivity contribution in [2.75, 3.05) is 17.6 Å². The van der Waals surface area contributed by atoms with Gasteiger partial charge in [-0.2, -0.15) is 0 Å². The van der Waals surface area contributed by atoms with Crippen molar-refractivity contribution in [3.63, 3.8) is 0 Å². The van der Waals surface area contributed by atoms with Crippen LogP contribution in [-0.4, -0.2) is 25.1 Å².